The molecule has 0 amide bonds. The van der Waals surface area contributed by atoms with Gasteiger partial charge in [0.15, 0.2) is 16.9 Å². The van der Waals surface area contributed by atoms with Crippen LogP contribution < -0.4 is 11.2 Å². The molecule has 0 unspecified atom stereocenters. The number of fused-ring (bicyclic) bond motifs is 3. The Morgan fingerprint density at radius 2 is 1.68 bits per heavy atom. The van der Waals surface area contributed by atoms with Crippen molar-refractivity contribution in [3.8, 4) is 11.3 Å². The molecule has 0 aliphatic carbocycles. The smallest absolute Gasteiger partial charge is 0.417 e. The Morgan fingerprint density at radius 3 is 2.45 bits per heavy atom. The van der Waals surface area contributed by atoms with Crippen molar-refractivity contribution in [1.29, 1.82) is 0 Å². The van der Waals surface area contributed by atoms with Gasteiger partial charge in [-0.1, -0.05) is 30.3 Å². The lowest BCUT2D eigenvalue weighted by molar-refractivity contribution is 0.543. The minimum Gasteiger partial charge on any atom is -0.451 e. The van der Waals surface area contributed by atoms with Crippen molar-refractivity contribution < 1.29 is 8.83 Å². The molecule has 108 valence electrons. The summed E-state index contributed by atoms with van der Waals surface area (Å²) in [5, 5.41) is 0.388. The Hall–Kier alpha value is -2.35. The molecule has 0 aliphatic heterocycles. The maximum absolute atomic E-state index is 12.6. The summed E-state index contributed by atoms with van der Waals surface area (Å²) in [6.45, 7) is 0. The molecule has 0 atom stereocenters. The number of oxazole rings is 1. The Balaban J connectivity index is 2.20. The molecule has 0 fully saturated rings. The zero-order valence-electron chi connectivity index (χ0n) is 11.1. The van der Waals surface area contributed by atoms with Crippen LogP contribution in [0.25, 0.3) is 33.4 Å². The number of H-pyrrole nitrogens is 1. The molecule has 0 saturated heterocycles. The van der Waals surface area contributed by atoms with E-state index in [4.69, 9.17) is 8.83 Å². The van der Waals surface area contributed by atoms with Crippen molar-refractivity contribution in [3.63, 3.8) is 0 Å². The summed E-state index contributed by atoms with van der Waals surface area (Å²) in [7, 11) is 0. The van der Waals surface area contributed by atoms with E-state index in [-0.39, 0.29) is 16.6 Å². The van der Waals surface area contributed by atoms with Gasteiger partial charge in [0, 0.05) is 5.56 Å². The molecular weight excluding hydrogens is 397 g/mol. The number of hydrogen-bond donors (Lipinski definition) is 1. The monoisotopic (exact) mass is 405 g/mol. The van der Waals surface area contributed by atoms with Gasteiger partial charge in [-0.3, -0.25) is 9.78 Å². The normalized spacial score (nSPS) is 11.3. The minimum absolute atomic E-state index is 0.147. The number of hydrogen-bond acceptors (Lipinski definition) is 4. The topological polar surface area (TPSA) is 76.2 Å². The lowest BCUT2D eigenvalue weighted by Crippen LogP contribution is -2.07. The summed E-state index contributed by atoms with van der Waals surface area (Å²) in [5.41, 5.74) is 1.68. The Bertz CT molecular complexity index is 1120. The van der Waals surface area contributed by atoms with Crippen LogP contribution in [0.1, 0.15) is 0 Å². The third kappa shape index (κ3) is 1.91. The average Bonchev–Trinajstić information content (AvgIpc) is 2.92. The zero-order valence-corrected chi connectivity index (χ0v) is 13.2. The summed E-state index contributed by atoms with van der Waals surface area (Å²) in [4.78, 5) is 26.5. The minimum atomic E-state index is -0.579. The third-order valence-electron chi connectivity index (χ3n) is 3.43. The van der Waals surface area contributed by atoms with E-state index < -0.39 is 5.76 Å². The molecule has 2 heterocycles. The van der Waals surface area contributed by atoms with Gasteiger partial charge in [0.05, 0.1) is 10.9 Å². The molecule has 0 aliphatic rings. The van der Waals surface area contributed by atoms with Crippen LogP contribution in [0.4, 0.5) is 0 Å². The Kier molecular flexibility index (Phi) is 2.93. The van der Waals surface area contributed by atoms with Crippen molar-refractivity contribution >= 4 is 44.7 Å². The van der Waals surface area contributed by atoms with E-state index in [0.717, 1.165) is 5.56 Å². The molecule has 6 heteroatoms. The molecule has 5 nitrogen and oxygen atoms in total. The zero-order chi connectivity index (χ0) is 15.3. The quantitative estimate of drug-likeness (QED) is 0.492. The van der Waals surface area contributed by atoms with E-state index >= 15 is 0 Å². The van der Waals surface area contributed by atoms with E-state index in [2.05, 4.69) is 4.98 Å². The van der Waals surface area contributed by atoms with E-state index in [9.17, 15) is 9.59 Å². The van der Waals surface area contributed by atoms with Crippen molar-refractivity contribution in [2.24, 2.45) is 0 Å². The lowest BCUT2D eigenvalue weighted by atomic mass is 10.1. The van der Waals surface area contributed by atoms with E-state index in [1.165, 1.54) is 0 Å². The average molecular weight is 405 g/mol. The first kappa shape index (κ1) is 13.3. The number of rotatable bonds is 1. The highest BCUT2D eigenvalue weighted by Gasteiger charge is 2.17. The first-order valence-corrected chi connectivity index (χ1v) is 7.56. The van der Waals surface area contributed by atoms with Crippen LogP contribution in [0, 0.1) is 3.57 Å². The Morgan fingerprint density at radius 1 is 0.909 bits per heavy atom. The van der Waals surface area contributed by atoms with Gasteiger partial charge in [-0.25, -0.2) is 4.79 Å². The molecule has 4 rings (SSSR count). The third-order valence-corrected chi connectivity index (χ3v) is 4.41. The summed E-state index contributed by atoms with van der Waals surface area (Å²) in [5.74, 6) is -0.111. The fourth-order valence-electron chi connectivity index (χ4n) is 2.41. The van der Waals surface area contributed by atoms with E-state index in [0.29, 0.717) is 20.2 Å². The first-order valence-electron chi connectivity index (χ1n) is 6.49. The molecule has 1 N–H and O–H groups in total. The molecule has 22 heavy (non-hydrogen) atoms. The number of halogens is 1. The molecule has 0 bridgehead atoms. The van der Waals surface area contributed by atoms with Crippen molar-refractivity contribution in [3.05, 3.63) is 66.8 Å². The standard InChI is InChI=1S/C16H8INO4/c17-11-12(19)9-6-7-10-15(22-16(20)18-10)14(9)21-13(11)8-4-2-1-3-5-8/h1-7H,(H,18,20). The predicted molar refractivity (Wildman–Crippen MR) is 91.0 cm³/mol. The second-order valence-corrected chi connectivity index (χ2v) is 5.85. The van der Waals surface area contributed by atoms with Crippen LogP contribution in [0.2, 0.25) is 0 Å². The number of nitrogens with one attached hydrogen (secondary N) is 1. The van der Waals surface area contributed by atoms with Gasteiger partial charge in [0.2, 0.25) is 5.43 Å². The summed E-state index contributed by atoms with van der Waals surface area (Å²) in [6.07, 6.45) is 0. The van der Waals surface area contributed by atoms with Crippen LogP contribution in [-0.2, 0) is 0 Å². The molecule has 4 aromatic rings. The van der Waals surface area contributed by atoms with Crippen LogP contribution in [-0.4, -0.2) is 4.98 Å². The molecule has 0 saturated carbocycles. The summed E-state index contributed by atoms with van der Waals surface area (Å²) >= 11 is 1.98. The van der Waals surface area contributed by atoms with Gasteiger partial charge in [-0.15, -0.1) is 0 Å². The first-order chi connectivity index (χ1) is 10.6. The second-order valence-electron chi connectivity index (χ2n) is 4.77. The van der Waals surface area contributed by atoms with Gasteiger partial charge in [-0.05, 0) is 34.7 Å². The number of aromatic nitrogens is 1. The molecule has 2 aromatic carbocycles. The molecule has 2 aromatic heterocycles. The van der Waals surface area contributed by atoms with E-state index in [1.54, 1.807) is 12.1 Å². The summed E-state index contributed by atoms with van der Waals surface area (Å²) in [6, 6.07) is 12.6. The highest BCUT2D eigenvalue weighted by atomic mass is 127. The van der Waals surface area contributed by atoms with Crippen molar-refractivity contribution in [1.82, 2.24) is 4.98 Å². The number of aromatic amines is 1. The molecule has 0 radical (unpaired) electrons. The molecular formula is C16H8INO4. The Labute approximate surface area is 136 Å². The SMILES string of the molecule is O=c1[nH]c2ccc3c(=O)c(I)c(-c4ccccc4)oc3c2o1. The van der Waals surface area contributed by atoms with Crippen molar-refractivity contribution in [2.75, 3.05) is 0 Å². The van der Waals surface area contributed by atoms with Crippen LogP contribution >= 0.6 is 22.6 Å². The van der Waals surface area contributed by atoms with Gasteiger partial charge in [0.1, 0.15) is 3.57 Å². The second kappa shape index (κ2) is 4.84. The van der Waals surface area contributed by atoms with Crippen LogP contribution in [0.15, 0.2) is 60.9 Å². The van der Waals surface area contributed by atoms with Gasteiger partial charge >= 0.3 is 5.76 Å². The van der Waals surface area contributed by atoms with Crippen molar-refractivity contribution in [2.45, 2.75) is 0 Å². The largest absolute Gasteiger partial charge is 0.451 e. The highest BCUT2D eigenvalue weighted by molar-refractivity contribution is 14.1. The highest BCUT2D eigenvalue weighted by Crippen LogP contribution is 2.29. The van der Waals surface area contributed by atoms with E-state index in [1.807, 2.05) is 52.9 Å². The predicted octanol–water partition coefficient (Wildman–Crippen LogP) is 3.50. The maximum atomic E-state index is 12.6. The van der Waals surface area contributed by atoms with Gasteiger partial charge in [-0.2, -0.15) is 0 Å². The fourth-order valence-corrected chi connectivity index (χ4v) is 3.13. The van der Waals surface area contributed by atoms with Crippen LogP contribution in [0.3, 0.4) is 0 Å². The fraction of sp³-hybridized carbons (Fsp3) is 0. The van der Waals surface area contributed by atoms with Gasteiger partial charge in [0.25, 0.3) is 0 Å². The lowest BCUT2D eigenvalue weighted by Gasteiger charge is -2.06. The van der Waals surface area contributed by atoms with Gasteiger partial charge < -0.3 is 8.83 Å². The van der Waals surface area contributed by atoms with Crippen LogP contribution in [0.5, 0.6) is 0 Å². The summed E-state index contributed by atoms with van der Waals surface area (Å²) < 4.78 is 11.5. The molecule has 0 spiro atoms. The number of benzene rings is 2. The maximum Gasteiger partial charge on any atom is 0.417 e.